The van der Waals surface area contributed by atoms with Crippen LogP contribution in [0.3, 0.4) is 0 Å². The van der Waals surface area contributed by atoms with E-state index in [1.165, 1.54) is 24.8 Å². The molecule has 1 atom stereocenters. The Morgan fingerprint density at radius 3 is 2.67 bits per heavy atom. The van der Waals surface area contributed by atoms with E-state index in [2.05, 4.69) is 42.9 Å². The van der Waals surface area contributed by atoms with Gasteiger partial charge in [0.05, 0.1) is 0 Å². The second kappa shape index (κ2) is 7.02. The number of hydrogen-bond donors (Lipinski definition) is 1. The minimum Gasteiger partial charge on any atom is -0.310 e. The van der Waals surface area contributed by atoms with Crippen LogP contribution in [0.1, 0.15) is 51.6 Å². The van der Waals surface area contributed by atoms with Gasteiger partial charge in [-0.1, -0.05) is 26.7 Å². The summed E-state index contributed by atoms with van der Waals surface area (Å²) in [5, 5.41) is 7.94. The molecule has 15 heavy (non-hydrogen) atoms. The summed E-state index contributed by atoms with van der Waals surface area (Å²) in [5.41, 5.74) is 1.42. The predicted octanol–water partition coefficient (Wildman–Crippen LogP) is 4.23. The maximum atomic E-state index is 3.57. The lowest BCUT2D eigenvalue weighted by atomic mass is 10.1. The van der Waals surface area contributed by atoms with Crippen molar-refractivity contribution in [1.29, 1.82) is 0 Å². The summed E-state index contributed by atoms with van der Waals surface area (Å²) in [6, 6.07) is 2.71. The summed E-state index contributed by atoms with van der Waals surface area (Å²) in [4.78, 5) is 0. The second-order valence-corrected chi connectivity index (χ2v) is 5.40. The highest BCUT2D eigenvalue weighted by Gasteiger charge is 2.03. The first-order valence-corrected chi connectivity index (χ1v) is 6.90. The number of nitrogens with one attached hydrogen (secondary N) is 1. The molecule has 1 nitrogen and oxygen atoms in total. The van der Waals surface area contributed by atoms with Crippen LogP contribution >= 0.6 is 11.3 Å². The summed E-state index contributed by atoms with van der Waals surface area (Å²) in [6.07, 6.45) is 4.00. The van der Waals surface area contributed by atoms with Gasteiger partial charge in [-0.15, -0.1) is 0 Å². The summed E-state index contributed by atoms with van der Waals surface area (Å²) < 4.78 is 0. The Hall–Kier alpha value is -0.340. The van der Waals surface area contributed by atoms with Gasteiger partial charge in [-0.3, -0.25) is 0 Å². The fourth-order valence-electron chi connectivity index (χ4n) is 1.64. The van der Waals surface area contributed by atoms with E-state index >= 15 is 0 Å². The number of thiophene rings is 1. The zero-order chi connectivity index (χ0) is 11.1. The van der Waals surface area contributed by atoms with Crippen LogP contribution < -0.4 is 5.32 Å². The van der Waals surface area contributed by atoms with Crippen LogP contribution in [-0.2, 0) is 0 Å². The second-order valence-electron chi connectivity index (χ2n) is 4.62. The van der Waals surface area contributed by atoms with Crippen molar-refractivity contribution < 1.29 is 0 Å². The predicted molar refractivity (Wildman–Crippen MR) is 69.4 cm³/mol. The van der Waals surface area contributed by atoms with Gasteiger partial charge in [-0.05, 0) is 48.2 Å². The SMILES string of the molecule is CC(C)CCCCNC(C)c1ccsc1. The van der Waals surface area contributed by atoms with E-state index in [-0.39, 0.29) is 0 Å². The van der Waals surface area contributed by atoms with Crippen LogP contribution in [0.5, 0.6) is 0 Å². The molecule has 1 N–H and O–H groups in total. The molecule has 0 aliphatic carbocycles. The molecule has 0 amide bonds. The molecule has 0 aliphatic rings. The minimum atomic E-state index is 0.510. The third-order valence-corrected chi connectivity index (χ3v) is 3.40. The van der Waals surface area contributed by atoms with Crippen molar-refractivity contribution >= 4 is 11.3 Å². The molecule has 86 valence electrons. The molecule has 0 saturated heterocycles. The lowest BCUT2D eigenvalue weighted by Gasteiger charge is -2.12. The third kappa shape index (κ3) is 5.33. The van der Waals surface area contributed by atoms with E-state index in [1.807, 2.05) is 0 Å². The van der Waals surface area contributed by atoms with E-state index in [1.54, 1.807) is 11.3 Å². The normalized spacial score (nSPS) is 13.3. The van der Waals surface area contributed by atoms with E-state index < -0.39 is 0 Å². The molecular weight excluding hydrogens is 202 g/mol. The molecule has 0 bridgehead atoms. The Labute approximate surface area is 97.9 Å². The maximum absolute atomic E-state index is 3.57. The summed E-state index contributed by atoms with van der Waals surface area (Å²) in [5.74, 6) is 0.847. The van der Waals surface area contributed by atoms with Gasteiger partial charge in [0, 0.05) is 6.04 Å². The van der Waals surface area contributed by atoms with Crippen molar-refractivity contribution in [2.24, 2.45) is 5.92 Å². The molecule has 0 saturated carbocycles. The summed E-state index contributed by atoms with van der Waals surface area (Å²) >= 11 is 1.78. The van der Waals surface area contributed by atoms with Gasteiger partial charge in [0.1, 0.15) is 0 Å². The molecule has 1 unspecified atom stereocenters. The van der Waals surface area contributed by atoms with Crippen LogP contribution in [0.4, 0.5) is 0 Å². The Morgan fingerprint density at radius 1 is 1.27 bits per heavy atom. The van der Waals surface area contributed by atoms with Gasteiger partial charge in [-0.25, -0.2) is 0 Å². The molecule has 1 aromatic heterocycles. The van der Waals surface area contributed by atoms with Gasteiger partial charge in [-0.2, -0.15) is 11.3 Å². The third-order valence-electron chi connectivity index (χ3n) is 2.70. The molecular formula is C13H23NS. The van der Waals surface area contributed by atoms with Crippen molar-refractivity contribution in [3.8, 4) is 0 Å². The number of rotatable bonds is 7. The first-order valence-electron chi connectivity index (χ1n) is 5.95. The van der Waals surface area contributed by atoms with E-state index in [9.17, 15) is 0 Å². The van der Waals surface area contributed by atoms with Crippen molar-refractivity contribution in [3.63, 3.8) is 0 Å². The van der Waals surface area contributed by atoms with E-state index in [0.29, 0.717) is 6.04 Å². The lowest BCUT2D eigenvalue weighted by Crippen LogP contribution is -2.19. The Balaban J connectivity index is 2.05. The average molecular weight is 225 g/mol. The zero-order valence-electron chi connectivity index (χ0n) is 10.1. The van der Waals surface area contributed by atoms with Crippen molar-refractivity contribution in [2.45, 2.75) is 46.1 Å². The van der Waals surface area contributed by atoms with Gasteiger partial charge < -0.3 is 5.32 Å². The van der Waals surface area contributed by atoms with Crippen molar-refractivity contribution in [1.82, 2.24) is 5.32 Å². The zero-order valence-corrected chi connectivity index (χ0v) is 10.9. The van der Waals surface area contributed by atoms with Crippen LogP contribution in [0.25, 0.3) is 0 Å². The largest absolute Gasteiger partial charge is 0.310 e. The van der Waals surface area contributed by atoms with Crippen molar-refractivity contribution in [3.05, 3.63) is 22.4 Å². The van der Waals surface area contributed by atoms with Crippen LogP contribution in [0.2, 0.25) is 0 Å². The molecule has 0 aromatic carbocycles. The quantitative estimate of drug-likeness (QED) is 0.685. The lowest BCUT2D eigenvalue weighted by molar-refractivity contribution is 0.498. The molecule has 1 heterocycles. The average Bonchev–Trinajstić information content (AvgIpc) is 2.69. The number of unbranched alkanes of at least 4 members (excludes halogenated alkanes) is 1. The molecule has 0 fully saturated rings. The van der Waals surface area contributed by atoms with Gasteiger partial charge in [0.2, 0.25) is 0 Å². The molecule has 1 aromatic rings. The van der Waals surface area contributed by atoms with Crippen LogP contribution in [0, 0.1) is 5.92 Å². The molecule has 0 spiro atoms. The number of hydrogen-bond acceptors (Lipinski definition) is 2. The van der Waals surface area contributed by atoms with E-state index in [0.717, 1.165) is 12.5 Å². The first-order chi connectivity index (χ1) is 7.20. The fourth-order valence-corrected chi connectivity index (χ4v) is 2.39. The maximum Gasteiger partial charge on any atom is 0.0300 e. The molecule has 0 aliphatic heterocycles. The highest BCUT2D eigenvalue weighted by molar-refractivity contribution is 7.07. The Bertz CT molecular complexity index is 241. The van der Waals surface area contributed by atoms with Crippen LogP contribution in [0.15, 0.2) is 16.8 Å². The topological polar surface area (TPSA) is 12.0 Å². The highest BCUT2D eigenvalue weighted by atomic mass is 32.1. The smallest absolute Gasteiger partial charge is 0.0300 e. The Kier molecular flexibility index (Phi) is 5.96. The van der Waals surface area contributed by atoms with Gasteiger partial charge in [0.25, 0.3) is 0 Å². The van der Waals surface area contributed by atoms with Crippen molar-refractivity contribution in [2.75, 3.05) is 6.54 Å². The Morgan fingerprint density at radius 2 is 2.07 bits per heavy atom. The minimum absolute atomic E-state index is 0.510. The van der Waals surface area contributed by atoms with Gasteiger partial charge >= 0.3 is 0 Å². The molecule has 0 radical (unpaired) electrons. The first kappa shape index (κ1) is 12.7. The van der Waals surface area contributed by atoms with Gasteiger partial charge in [0.15, 0.2) is 0 Å². The highest BCUT2D eigenvalue weighted by Crippen LogP contribution is 2.15. The van der Waals surface area contributed by atoms with E-state index in [4.69, 9.17) is 0 Å². The van der Waals surface area contributed by atoms with Crippen LogP contribution in [-0.4, -0.2) is 6.54 Å². The monoisotopic (exact) mass is 225 g/mol. The summed E-state index contributed by atoms with van der Waals surface area (Å²) in [6.45, 7) is 7.97. The standard InChI is InChI=1S/C13H23NS/c1-11(2)6-4-5-8-14-12(3)13-7-9-15-10-13/h7,9-12,14H,4-6,8H2,1-3H3. The summed E-state index contributed by atoms with van der Waals surface area (Å²) in [7, 11) is 0. The molecule has 2 heteroatoms. The molecule has 1 rings (SSSR count). The fraction of sp³-hybridized carbons (Fsp3) is 0.692.